The van der Waals surface area contributed by atoms with Gasteiger partial charge in [-0.2, -0.15) is 0 Å². The van der Waals surface area contributed by atoms with Gasteiger partial charge in [-0.25, -0.2) is 0 Å². The predicted octanol–water partition coefficient (Wildman–Crippen LogP) is 18.7. The molecule has 76 heavy (non-hydrogen) atoms. The Morgan fingerprint density at radius 1 is 0.408 bits per heavy atom. The summed E-state index contributed by atoms with van der Waals surface area (Å²) in [6.07, 6.45) is 3.21. The summed E-state index contributed by atoms with van der Waals surface area (Å²) >= 11 is 1.92. The van der Waals surface area contributed by atoms with Crippen LogP contribution in [-0.2, 0) is 17.3 Å². The van der Waals surface area contributed by atoms with Crippen LogP contribution in [0.2, 0.25) is 0 Å². The van der Waals surface area contributed by atoms with E-state index in [0.717, 1.165) is 19.3 Å². The molecule has 0 N–H and O–H groups in total. The number of hydrogen-bond donors (Lipinski definition) is 0. The van der Waals surface area contributed by atoms with Gasteiger partial charge < -0.3 is 9.80 Å². The quantitative estimate of drug-likeness (QED) is 0.133. The molecule has 3 heterocycles. The van der Waals surface area contributed by atoms with Crippen molar-refractivity contribution in [2.75, 3.05) is 9.80 Å². The van der Waals surface area contributed by atoms with Gasteiger partial charge in [-0.1, -0.05) is 225 Å². The molecule has 0 amide bonds. The lowest BCUT2D eigenvalue weighted by Crippen LogP contribution is -2.61. The number of rotatable bonds is 9. The zero-order valence-electron chi connectivity index (χ0n) is 44.8. The molecule has 0 saturated heterocycles. The minimum atomic E-state index is -0.194. The van der Waals surface area contributed by atoms with Crippen LogP contribution in [0.4, 0.5) is 34.1 Å². The number of fused-ring (bicyclic) bond motifs is 7. The van der Waals surface area contributed by atoms with E-state index in [9.17, 15) is 0 Å². The summed E-state index contributed by atoms with van der Waals surface area (Å²) in [5.74, 6) is 0. The molecule has 0 unspecified atom stereocenters. The van der Waals surface area contributed by atoms with Gasteiger partial charge in [0, 0.05) is 54.0 Å². The number of thiophene rings is 1. The van der Waals surface area contributed by atoms with Crippen LogP contribution in [0, 0.1) is 0 Å². The third-order valence-corrected chi connectivity index (χ3v) is 17.3. The van der Waals surface area contributed by atoms with E-state index in [1.165, 1.54) is 132 Å². The molecule has 370 valence electrons. The van der Waals surface area contributed by atoms with Crippen LogP contribution in [0.3, 0.4) is 0 Å². The SMILES string of the molecule is CCCCc1ccc2sc3ccccc3c2c1N1c2ccc(-c3ccccc3)cc2B2c3cc(-c4ccccc4)ccc3N(c3c(-c4ccccc4)cc(C(C)(C)C)cc3-c3ccccc3)c3cc(C(C)(C)C)cc1c32. The van der Waals surface area contributed by atoms with E-state index in [4.69, 9.17) is 0 Å². The molecule has 1 aromatic heterocycles. The second kappa shape index (κ2) is 18.7. The van der Waals surface area contributed by atoms with Gasteiger partial charge in [-0.05, 0) is 139 Å². The average molecular weight is 999 g/mol. The highest BCUT2D eigenvalue weighted by molar-refractivity contribution is 7.26. The largest absolute Gasteiger partial charge is 0.310 e. The van der Waals surface area contributed by atoms with Crippen molar-refractivity contribution >= 4 is 88.7 Å². The molecule has 2 aliphatic rings. The third-order valence-electron chi connectivity index (χ3n) is 16.1. The van der Waals surface area contributed by atoms with Gasteiger partial charge in [0.1, 0.15) is 0 Å². The maximum Gasteiger partial charge on any atom is 0.252 e. The van der Waals surface area contributed by atoms with E-state index in [2.05, 4.69) is 277 Å². The lowest BCUT2D eigenvalue weighted by molar-refractivity contribution is 0.590. The Morgan fingerprint density at radius 2 is 0.868 bits per heavy atom. The van der Waals surface area contributed by atoms with Crippen molar-refractivity contribution in [1.29, 1.82) is 0 Å². The van der Waals surface area contributed by atoms with Crippen LogP contribution in [0.25, 0.3) is 64.7 Å². The Kier molecular flexibility index (Phi) is 11.8. The summed E-state index contributed by atoms with van der Waals surface area (Å²) in [6.45, 7) is 16.4. The first-order valence-corrected chi connectivity index (χ1v) is 28.2. The smallest absolute Gasteiger partial charge is 0.252 e. The number of anilines is 6. The number of unbranched alkanes of at least 4 members (excludes halogenated alkanes) is 1. The fraction of sp³-hybridized carbons (Fsp3) is 0.167. The molecule has 10 aromatic carbocycles. The Labute approximate surface area is 454 Å². The fourth-order valence-electron chi connectivity index (χ4n) is 12.2. The minimum Gasteiger partial charge on any atom is -0.310 e. The summed E-state index contributed by atoms with van der Waals surface area (Å²) in [5.41, 5.74) is 24.7. The lowest BCUT2D eigenvalue weighted by atomic mass is 9.33. The number of aryl methyl sites for hydroxylation is 1. The molecule has 4 heteroatoms. The van der Waals surface area contributed by atoms with Crippen molar-refractivity contribution in [2.24, 2.45) is 0 Å². The van der Waals surface area contributed by atoms with Crippen molar-refractivity contribution in [3.63, 3.8) is 0 Å². The van der Waals surface area contributed by atoms with Crippen LogP contribution < -0.4 is 26.2 Å². The minimum absolute atomic E-state index is 0.101. The zero-order chi connectivity index (χ0) is 51.9. The van der Waals surface area contributed by atoms with E-state index in [1.54, 1.807) is 0 Å². The number of benzene rings is 10. The van der Waals surface area contributed by atoms with Gasteiger partial charge in [0.15, 0.2) is 0 Å². The lowest BCUT2D eigenvalue weighted by Gasteiger charge is -2.46. The first-order valence-electron chi connectivity index (χ1n) is 27.3. The molecule has 0 aliphatic carbocycles. The predicted molar refractivity (Wildman–Crippen MR) is 331 cm³/mol. The Bertz CT molecular complexity index is 3930. The Hall–Kier alpha value is -7.92. The van der Waals surface area contributed by atoms with Crippen LogP contribution in [-0.4, -0.2) is 6.71 Å². The van der Waals surface area contributed by atoms with Crippen LogP contribution in [0.5, 0.6) is 0 Å². The molecule has 0 fully saturated rings. The highest BCUT2D eigenvalue weighted by atomic mass is 32.1. The average Bonchev–Trinajstić information content (AvgIpc) is 3.90. The molecule has 13 rings (SSSR count). The third kappa shape index (κ3) is 8.08. The molecule has 0 saturated carbocycles. The van der Waals surface area contributed by atoms with Gasteiger partial charge in [0.05, 0.1) is 11.4 Å². The maximum atomic E-state index is 2.74. The van der Waals surface area contributed by atoms with Crippen molar-refractivity contribution in [2.45, 2.75) is 78.6 Å². The summed E-state index contributed by atoms with van der Waals surface area (Å²) < 4.78 is 2.64. The van der Waals surface area contributed by atoms with Crippen molar-refractivity contribution in [3.8, 4) is 44.5 Å². The normalized spacial score (nSPS) is 13.0. The molecule has 0 atom stereocenters. The van der Waals surface area contributed by atoms with Crippen molar-refractivity contribution < 1.29 is 0 Å². The first kappa shape index (κ1) is 47.8. The number of hydrogen-bond acceptors (Lipinski definition) is 3. The van der Waals surface area contributed by atoms with E-state index in [0.29, 0.717) is 0 Å². The summed E-state index contributed by atoms with van der Waals surface area (Å²) in [4.78, 5) is 5.44. The van der Waals surface area contributed by atoms with Crippen LogP contribution in [0.15, 0.2) is 218 Å². The highest BCUT2D eigenvalue weighted by Crippen LogP contribution is 2.54. The molecular weight excluding hydrogens is 936 g/mol. The topological polar surface area (TPSA) is 6.48 Å². The van der Waals surface area contributed by atoms with E-state index < -0.39 is 0 Å². The molecule has 0 radical (unpaired) electrons. The first-order chi connectivity index (χ1) is 36.9. The van der Waals surface area contributed by atoms with Crippen LogP contribution >= 0.6 is 11.3 Å². The molecule has 11 aromatic rings. The maximum absolute atomic E-state index is 2.74. The number of nitrogens with zero attached hydrogens (tertiary/aromatic N) is 2. The van der Waals surface area contributed by atoms with E-state index in [-0.39, 0.29) is 17.5 Å². The standard InChI is InChI=1S/C72H63BN2S/c1-8-9-24-51-37-40-66-67(56-33-22-23-34-65(56)76-66)69(51)74-61-38-35-52(47-25-14-10-15-26-47)41-59(61)73-60-42-53(48-27-16-11-17-28-48)36-39-62(60)75(64-46-55(72(5,6)7)45-63(74)68(64)73)70-57(49-29-18-12-19-30-49)43-54(71(2,3)4)44-58(70)50-31-20-13-21-32-50/h10-23,25-46H,8-9,24H2,1-7H3. The molecular formula is C72H63BN2S. The van der Waals surface area contributed by atoms with Gasteiger partial charge in [-0.3, -0.25) is 0 Å². The highest BCUT2D eigenvalue weighted by Gasteiger charge is 2.46. The molecule has 2 aliphatic heterocycles. The molecule has 0 bridgehead atoms. The second-order valence-corrected chi connectivity index (χ2v) is 24.2. The van der Waals surface area contributed by atoms with Gasteiger partial charge in [0.2, 0.25) is 0 Å². The van der Waals surface area contributed by atoms with Gasteiger partial charge in [-0.15, -0.1) is 11.3 Å². The fourth-order valence-corrected chi connectivity index (χ4v) is 13.3. The van der Waals surface area contributed by atoms with Gasteiger partial charge >= 0.3 is 0 Å². The summed E-state index contributed by atoms with van der Waals surface area (Å²) in [7, 11) is 0. The Morgan fingerprint density at radius 3 is 1.37 bits per heavy atom. The van der Waals surface area contributed by atoms with E-state index >= 15 is 0 Å². The Balaban J connectivity index is 1.23. The second-order valence-electron chi connectivity index (χ2n) is 23.1. The monoisotopic (exact) mass is 998 g/mol. The van der Waals surface area contributed by atoms with E-state index in [1.807, 2.05) is 11.3 Å². The van der Waals surface area contributed by atoms with Crippen molar-refractivity contribution in [3.05, 3.63) is 235 Å². The zero-order valence-corrected chi connectivity index (χ0v) is 45.6. The van der Waals surface area contributed by atoms with Crippen LogP contribution in [0.1, 0.15) is 78.0 Å². The van der Waals surface area contributed by atoms with Crippen molar-refractivity contribution in [1.82, 2.24) is 0 Å². The summed E-state index contributed by atoms with van der Waals surface area (Å²) in [5, 5.41) is 2.66. The van der Waals surface area contributed by atoms with Gasteiger partial charge in [0.25, 0.3) is 6.71 Å². The molecule has 0 spiro atoms. The molecule has 2 nitrogen and oxygen atoms in total. The summed E-state index contributed by atoms with van der Waals surface area (Å²) in [6, 6.07) is 83.1.